The van der Waals surface area contributed by atoms with Crippen molar-refractivity contribution in [2.24, 2.45) is 0 Å². The fourth-order valence-corrected chi connectivity index (χ4v) is 20.1. The summed E-state index contributed by atoms with van der Waals surface area (Å²) in [6.07, 6.45) is 5.16. The molecule has 0 unspecified atom stereocenters. The largest absolute Gasteiger partial charge is 0.505 e. The monoisotopic (exact) mass is 2050 g/mol. The lowest BCUT2D eigenvalue weighted by atomic mass is 10.1. The van der Waals surface area contributed by atoms with Crippen molar-refractivity contribution in [3.63, 3.8) is 0 Å². The van der Waals surface area contributed by atoms with Crippen LogP contribution in [0.25, 0.3) is 87.5 Å². The maximum absolute atomic E-state index is 13.9. The topological polar surface area (TPSA) is 372 Å². The zero-order valence-corrected chi connectivity index (χ0v) is 80.3. The first kappa shape index (κ1) is 96.3. The number of nitrogens with zero attached hydrogens (tertiary/aromatic N) is 6. The van der Waals surface area contributed by atoms with Crippen LogP contribution in [0.15, 0.2) is 387 Å². The average Bonchev–Trinajstić information content (AvgIpc) is 1.22. The van der Waals surface area contributed by atoms with Crippen LogP contribution in [0.2, 0.25) is 5.02 Å². The molecule has 2 aliphatic rings. The molecule has 4 N–H and O–H groups in total. The summed E-state index contributed by atoms with van der Waals surface area (Å²) in [5.41, 5.74) is -0.140. The van der Waals surface area contributed by atoms with Gasteiger partial charge in [0.05, 0.1) is 75.3 Å². The molecular weight excluding hydrogens is 1980 g/mol. The molecule has 37 heteroatoms. The Morgan fingerprint density at radius 3 is 1.00 bits per heavy atom. The van der Waals surface area contributed by atoms with Gasteiger partial charge in [0.25, 0.3) is 22.2 Å². The summed E-state index contributed by atoms with van der Waals surface area (Å²) in [5, 5.41) is 46.6. The average molecular weight is 2060 g/mol. The normalized spacial score (nSPS) is 11.8. The first-order valence-corrected chi connectivity index (χ1v) is 48.2. The van der Waals surface area contributed by atoms with E-state index in [0.29, 0.717) is 127 Å². The summed E-state index contributed by atoms with van der Waals surface area (Å²) >= 11 is 9.73. The molecule has 0 bridgehead atoms. The van der Waals surface area contributed by atoms with Gasteiger partial charge in [-0.15, -0.1) is 0 Å². The van der Waals surface area contributed by atoms with E-state index in [9.17, 15) is 72.0 Å². The minimum Gasteiger partial charge on any atom is -0.505 e. The van der Waals surface area contributed by atoms with Gasteiger partial charge in [-0.25, -0.2) is 37.3 Å². The van der Waals surface area contributed by atoms with Crippen molar-refractivity contribution in [2.75, 3.05) is 34.4 Å². The van der Waals surface area contributed by atoms with Crippen molar-refractivity contribution in [1.82, 2.24) is 27.8 Å². The molecule has 29 nitrogen and oxygen atoms in total. The number of hydrogen-bond donors (Lipinski definition) is 4. The molecule has 0 spiro atoms. The van der Waals surface area contributed by atoms with Gasteiger partial charge >= 0.3 is 22.5 Å². The number of aromatic hydroxyl groups is 4. The van der Waals surface area contributed by atoms with E-state index in [0.717, 1.165) is 63.7 Å². The maximum Gasteiger partial charge on any atom is 0.354 e. The molecule has 0 saturated heterocycles. The van der Waals surface area contributed by atoms with Gasteiger partial charge < -0.3 is 94.1 Å². The summed E-state index contributed by atoms with van der Waals surface area (Å²) in [6, 6.07) is 75.4. The van der Waals surface area contributed by atoms with Crippen LogP contribution < -0.4 is 77.9 Å². The van der Waals surface area contributed by atoms with E-state index in [-0.39, 0.29) is 103 Å². The highest BCUT2D eigenvalue weighted by Gasteiger charge is 2.31. The second kappa shape index (κ2) is 41.4. The van der Waals surface area contributed by atoms with Crippen LogP contribution in [-0.4, -0.2) is 82.7 Å². The molecule has 730 valence electrons. The number of benzene rings is 12. The van der Waals surface area contributed by atoms with E-state index in [2.05, 4.69) is 4.98 Å². The summed E-state index contributed by atoms with van der Waals surface area (Å²) in [4.78, 5) is 113. The van der Waals surface area contributed by atoms with Crippen molar-refractivity contribution < 1.29 is 84.4 Å². The maximum atomic E-state index is 13.9. The van der Waals surface area contributed by atoms with Gasteiger partial charge in [-0.05, 0) is 168 Å². The van der Waals surface area contributed by atoms with Gasteiger partial charge in [0.15, 0.2) is 68.3 Å². The number of imidazole rings is 1. The Bertz CT molecular complexity index is 8970. The molecule has 0 aliphatic carbocycles. The molecule has 0 radical (unpaired) electrons. The summed E-state index contributed by atoms with van der Waals surface area (Å²) < 4.78 is 109. The Morgan fingerprint density at radius 2 is 0.651 bits per heavy atom. The van der Waals surface area contributed by atoms with E-state index >= 15 is 0 Å². The Morgan fingerprint density at radius 1 is 0.349 bits per heavy atom. The fraction of sp³-hybridized carbons (Fsp3) is 0.0917. The molecule has 2 aliphatic heterocycles. The molecule has 9 aromatic heterocycles. The number of aromatic nitrogens is 6. The lowest BCUT2D eigenvalue weighted by molar-refractivity contribution is 0.173. The predicted molar refractivity (Wildman–Crippen MR) is 546 cm³/mol. The van der Waals surface area contributed by atoms with Crippen LogP contribution in [0.1, 0.15) is 22.3 Å². The summed E-state index contributed by atoms with van der Waals surface area (Å²) in [7, 11) is 3.10. The predicted octanol–water partition coefficient (Wildman–Crippen LogP) is 20.9. The Hall–Kier alpha value is -17.2. The third-order valence-electron chi connectivity index (χ3n) is 23.7. The van der Waals surface area contributed by atoms with Gasteiger partial charge in [-0.2, -0.15) is 0 Å². The standard InChI is InChI=1S/C30H21F2N3O5S.C27H21NO6S.C26H16ClNO6S.C26H16FNO6S/c31-19-3-1-18(2-4-19)16-35-24-15-21(39-14-13-34-12-11-33-17-34)7-10-23(24)27-25(29(35)37)26(36)28(30(38)40-27)41-22-8-5-20(32)6-9-22;1-32-17-8-11-19(12-9-17)35-25-23(29)22-24(34-27(25)31)20-13-10-18(33-2)14-21(20)28(26(22)30)15-16-6-4-3-5-7-16;2*27-15-6-8-16(9-7-15)35-24-22(29)21-23(34-26(24)31)17-10-19-20(33-13-32-19)11-18(17)28(25(21)30)12-14-4-2-1-3-5-14/h1-12,15,17,36H,13-14,16H2;3-14,29H,15H2,1-2H3;2*1-11,29H,12-13H2. The fourth-order valence-electron chi connectivity index (χ4n) is 16.7. The highest BCUT2D eigenvalue weighted by molar-refractivity contribution is 8.00. The van der Waals surface area contributed by atoms with Crippen LogP contribution in [0.3, 0.4) is 0 Å². The Balaban J connectivity index is 0.000000119. The van der Waals surface area contributed by atoms with Crippen LogP contribution in [0, 0.1) is 17.5 Å². The van der Waals surface area contributed by atoms with Gasteiger partial charge in [-0.1, -0.05) is 162 Å². The number of hydrogen-bond acceptors (Lipinski definition) is 28. The van der Waals surface area contributed by atoms with Gasteiger partial charge in [0, 0.05) is 82.8 Å². The Kier molecular flexibility index (Phi) is 27.3. The highest BCUT2D eigenvalue weighted by atomic mass is 35.5. The number of pyridine rings is 4. The lowest BCUT2D eigenvalue weighted by Gasteiger charge is -2.16. The van der Waals surface area contributed by atoms with E-state index in [1.54, 1.807) is 146 Å². The van der Waals surface area contributed by atoms with Crippen molar-refractivity contribution in [3.8, 4) is 63.2 Å². The molecule has 146 heavy (non-hydrogen) atoms. The first-order chi connectivity index (χ1) is 70.8. The second-order valence-corrected chi connectivity index (χ2v) is 37.6. The molecule has 0 saturated carbocycles. The van der Waals surface area contributed by atoms with E-state index in [4.69, 9.17) is 62.4 Å². The molecule has 12 aromatic carbocycles. The van der Waals surface area contributed by atoms with Gasteiger partial charge in [0.2, 0.25) is 13.6 Å². The van der Waals surface area contributed by atoms with E-state index in [1.807, 2.05) is 102 Å². The molecule has 11 heterocycles. The number of ether oxygens (including phenoxy) is 7. The van der Waals surface area contributed by atoms with Crippen molar-refractivity contribution >= 4 is 146 Å². The molecule has 23 rings (SSSR count). The number of rotatable bonds is 22. The third kappa shape index (κ3) is 19.6. The molecular formula is C109H74ClF3N6O23S4. The minimum absolute atomic E-state index is 0.00410. The van der Waals surface area contributed by atoms with Crippen LogP contribution in [0.5, 0.6) is 63.2 Å². The van der Waals surface area contributed by atoms with E-state index in [1.165, 1.54) is 81.5 Å². The first-order valence-electron chi connectivity index (χ1n) is 44.5. The molecule has 0 fully saturated rings. The quantitative estimate of drug-likeness (QED) is 0.0458. The van der Waals surface area contributed by atoms with Crippen molar-refractivity contribution in [1.29, 1.82) is 0 Å². The van der Waals surface area contributed by atoms with Crippen molar-refractivity contribution in [2.45, 2.75) is 71.9 Å². The molecule has 0 amide bonds. The zero-order valence-electron chi connectivity index (χ0n) is 76.2. The van der Waals surface area contributed by atoms with Crippen LogP contribution in [0.4, 0.5) is 13.2 Å². The summed E-state index contributed by atoms with van der Waals surface area (Å²) in [5.74, 6) is 0.383. The number of halogens is 4. The van der Waals surface area contributed by atoms with Gasteiger partial charge in [0.1, 0.15) is 82.4 Å². The van der Waals surface area contributed by atoms with Gasteiger partial charge in [-0.3, -0.25) is 19.2 Å². The van der Waals surface area contributed by atoms with Crippen LogP contribution in [-0.2, 0) is 32.7 Å². The minimum atomic E-state index is -0.845. The van der Waals surface area contributed by atoms with Crippen LogP contribution >= 0.6 is 58.6 Å². The third-order valence-corrected chi connectivity index (χ3v) is 28.3. The molecule has 0 atom stereocenters. The van der Waals surface area contributed by atoms with Crippen molar-refractivity contribution in [3.05, 3.63) is 420 Å². The second-order valence-electron chi connectivity index (χ2n) is 32.8. The molecule has 21 aromatic rings. The lowest BCUT2D eigenvalue weighted by Crippen LogP contribution is -2.23. The summed E-state index contributed by atoms with van der Waals surface area (Å²) in [6.45, 7) is 1.72. The number of methoxy groups -OCH3 is 2. The number of fused-ring (bicyclic) bond motifs is 14. The zero-order chi connectivity index (χ0) is 101. The van der Waals surface area contributed by atoms with E-state index < -0.39 is 85.2 Å². The smallest absolute Gasteiger partial charge is 0.354 e. The highest BCUT2D eigenvalue weighted by Crippen LogP contribution is 2.47. The Labute approximate surface area is 841 Å². The SMILES string of the molecule is COc1ccc(Sc2c(O)c3c(=O)n(Cc4ccccc4)c4cc(OC)ccc4c3oc2=O)cc1.O=c1oc2c(c(O)c1Sc1ccc(Cl)cc1)c(=O)n(Cc1ccccc1)c1cc3c(cc21)OCO3.O=c1oc2c(c(O)c1Sc1ccc(F)cc1)c(=O)n(Cc1ccc(F)cc1)c1cc(OCCn3ccnc3)ccc21.O=c1oc2c(c(O)c1Sc1ccc(F)cc1)c(=O)n(Cc1ccccc1)c1cc3c(cc21)OCO3.